The van der Waals surface area contributed by atoms with Crippen LogP contribution < -0.4 is 11.5 Å². The third-order valence-corrected chi connectivity index (χ3v) is 5.05. The standard InChI is InChI=1S/C21H20N2O3S/c1-26-21(25,15-5-3-2-4-6-15)20(24)14-7-9-18(10-8-14)27-19-12-16(22)11-17(23)13-19/h2-13,25H,22-23H2,1H3. The van der Waals surface area contributed by atoms with Crippen molar-refractivity contribution in [3.63, 3.8) is 0 Å². The molecule has 138 valence electrons. The number of methoxy groups -OCH3 is 1. The van der Waals surface area contributed by atoms with E-state index in [0.29, 0.717) is 22.5 Å². The van der Waals surface area contributed by atoms with Gasteiger partial charge in [-0.2, -0.15) is 0 Å². The van der Waals surface area contributed by atoms with Gasteiger partial charge in [0.1, 0.15) is 0 Å². The fourth-order valence-electron chi connectivity index (χ4n) is 2.72. The SMILES string of the molecule is COC(O)(C(=O)c1ccc(Sc2cc(N)cc(N)c2)cc1)c1ccccc1. The number of benzene rings is 3. The molecule has 3 aromatic rings. The molecule has 0 fully saturated rings. The van der Waals surface area contributed by atoms with E-state index in [4.69, 9.17) is 16.2 Å². The van der Waals surface area contributed by atoms with Crippen molar-refractivity contribution in [2.75, 3.05) is 18.6 Å². The maximum absolute atomic E-state index is 12.8. The van der Waals surface area contributed by atoms with Gasteiger partial charge in [-0.3, -0.25) is 4.79 Å². The lowest BCUT2D eigenvalue weighted by Gasteiger charge is -2.25. The fraction of sp³-hybridized carbons (Fsp3) is 0.0952. The van der Waals surface area contributed by atoms with Crippen LogP contribution in [0.4, 0.5) is 11.4 Å². The van der Waals surface area contributed by atoms with E-state index in [1.807, 2.05) is 12.1 Å². The molecule has 0 amide bonds. The predicted octanol–water partition coefficient (Wildman–Crippen LogP) is 3.68. The summed E-state index contributed by atoms with van der Waals surface area (Å²) in [6.07, 6.45) is 0. The summed E-state index contributed by atoms with van der Waals surface area (Å²) in [5.74, 6) is -2.56. The van der Waals surface area contributed by atoms with Crippen molar-refractivity contribution in [3.05, 3.63) is 83.9 Å². The second-order valence-corrected chi connectivity index (χ2v) is 7.15. The molecule has 27 heavy (non-hydrogen) atoms. The third-order valence-electron chi connectivity index (χ3n) is 4.07. The second-order valence-electron chi connectivity index (χ2n) is 6.01. The van der Waals surface area contributed by atoms with Crippen molar-refractivity contribution in [3.8, 4) is 0 Å². The summed E-state index contributed by atoms with van der Waals surface area (Å²) in [7, 11) is 1.30. The predicted molar refractivity (Wildman–Crippen MR) is 108 cm³/mol. The minimum Gasteiger partial charge on any atom is -0.399 e. The van der Waals surface area contributed by atoms with E-state index < -0.39 is 11.6 Å². The van der Waals surface area contributed by atoms with Crippen molar-refractivity contribution < 1.29 is 14.6 Å². The number of anilines is 2. The Bertz CT molecular complexity index is 925. The number of carbonyl (C=O) groups is 1. The van der Waals surface area contributed by atoms with Crippen molar-refractivity contribution in [1.29, 1.82) is 0 Å². The van der Waals surface area contributed by atoms with Gasteiger partial charge in [-0.1, -0.05) is 54.2 Å². The number of ether oxygens (including phenoxy) is 1. The first kappa shape index (κ1) is 19.0. The summed E-state index contributed by atoms with van der Waals surface area (Å²) in [5.41, 5.74) is 13.5. The maximum atomic E-state index is 12.8. The van der Waals surface area contributed by atoms with Crippen molar-refractivity contribution in [2.24, 2.45) is 0 Å². The normalized spacial score (nSPS) is 13.1. The van der Waals surface area contributed by atoms with Gasteiger partial charge in [0.05, 0.1) is 0 Å². The van der Waals surface area contributed by atoms with Gasteiger partial charge in [0, 0.05) is 39.4 Å². The van der Waals surface area contributed by atoms with Gasteiger partial charge in [0.25, 0.3) is 5.79 Å². The molecule has 0 aliphatic heterocycles. The Morgan fingerprint density at radius 3 is 2.07 bits per heavy atom. The molecule has 1 atom stereocenters. The van der Waals surface area contributed by atoms with Crippen LogP contribution in [0.2, 0.25) is 0 Å². The summed E-state index contributed by atoms with van der Waals surface area (Å²) < 4.78 is 5.17. The molecule has 0 spiro atoms. The van der Waals surface area contributed by atoms with Crippen LogP contribution in [0.25, 0.3) is 0 Å². The highest BCUT2D eigenvalue weighted by Gasteiger charge is 2.38. The number of Topliss-reactive ketones (excluding diaryl/α,β-unsaturated/α-hetero) is 1. The first-order valence-corrected chi connectivity index (χ1v) is 9.06. The number of hydrogen-bond donors (Lipinski definition) is 3. The van der Waals surface area contributed by atoms with Gasteiger partial charge in [-0.15, -0.1) is 0 Å². The van der Waals surface area contributed by atoms with Gasteiger partial charge in [0.2, 0.25) is 5.78 Å². The van der Waals surface area contributed by atoms with Gasteiger partial charge in [-0.05, 0) is 30.3 Å². The first-order valence-electron chi connectivity index (χ1n) is 8.24. The van der Waals surface area contributed by atoms with Gasteiger partial charge in [-0.25, -0.2) is 0 Å². The molecule has 5 nitrogen and oxygen atoms in total. The lowest BCUT2D eigenvalue weighted by molar-refractivity contribution is -0.153. The minimum atomic E-state index is -2.03. The number of carbonyl (C=O) groups excluding carboxylic acids is 1. The molecular formula is C21H20N2O3S. The van der Waals surface area contributed by atoms with E-state index in [1.165, 1.54) is 18.9 Å². The summed E-state index contributed by atoms with van der Waals surface area (Å²) in [5, 5.41) is 10.8. The Labute approximate surface area is 162 Å². The second kappa shape index (κ2) is 7.84. The summed E-state index contributed by atoms with van der Waals surface area (Å²) in [6, 6.07) is 20.9. The number of aliphatic hydroxyl groups is 1. The lowest BCUT2D eigenvalue weighted by Crippen LogP contribution is -2.37. The van der Waals surface area contributed by atoms with Gasteiger partial charge >= 0.3 is 0 Å². The van der Waals surface area contributed by atoms with Crippen LogP contribution in [0.3, 0.4) is 0 Å². The van der Waals surface area contributed by atoms with Gasteiger partial charge < -0.3 is 21.3 Å². The van der Waals surface area contributed by atoms with E-state index in [1.54, 1.807) is 60.7 Å². The molecule has 3 aromatic carbocycles. The van der Waals surface area contributed by atoms with E-state index in [9.17, 15) is 9.90 Å². The maximum Gasteiger partial charge on any atom is 0.258 e. The Morgan fingerprint density at radius 1 is 0.926 bits per heavy atom. The van der Waals surface area contributed by atoms with E-state index in [-0.39, 0.29) is 0 Å². The van der Waals surface area contributed by atoms with Crippen LogP contribution in [0.1, 0.15) is 15.9 Å². The molecular weight excluding hydrogens is 360 g/mol. The minimum absolute atomic E-state index is 0.347. The zero-order valence-corrected chi connectivity index (χ0v) is 15.6. The number of hydrogen-bond acceptors (Lipinski definition) is 6. The van der Waals surface area contributed by atoms with Crippen LogP contribution >= 0.6 is 11.8 Å². The van der Waals surface area contributed by atoms with Crippen molar-refractivity contribution in [1.82, 2.24) is 0 Å². The number of rotatable bonds is 6. The molecule has 0 bridgehead atoms. The van der Waals surface area contributed by atoms with Crippen LogP contribution in [0.15, 0.2) is 82.6 Å². The topological polar surface area (TPSA) is 98.6 Å². The number of nitrogen functional groups attached to an aromatic ring is 2. The summed E-state index contributed by atoms with van der Waals surface area (Å²) in [6.45, 7) is 0. The Hall–Kier alpha value is -2.80. The quantitative estimate of drug-likeness (QED) is 0.343. The molecule has 0 saturated heterocycles. The van der Waals surface area contributed by atoms with E-state index >= 15 is 0 Å². The highest BCUT2D eigenvalue weighted by Crippen LogP contribution is 2.32. The van der Waals surface area contributed by atoms with Crippen LogP contribution in [-0.2, 0) is 10.5 Å². The third kappa shape index (κ3) is 4.14. The molecule has 0 heterocycles. The van der Waals surface area contributed by atoms with Gasteiger partial charge in [0.15, 0.2) is 0 Å². The number of nitrogens with two attached hydrogens (primary N) is 2. The highest BCUT2D eigenvalue weighted by atomic mass is 32.2. The zero-order valence-electron chi connectivity index (χ0n) is 14.8. The highest BCUT2D eigenvalue weighted by molar-refractivity contribution is 7.99. The van der Waals surface area contributed by atoms with E-state index in [0.717, 1.165) is 9.79 Å². The average molecular weight is 380 g/mol. The first-order chi connectivity index (χ1) is 12.9. The number of ketones is 1. The molecule has 0 saturated carbocycles. The summed E-state index contributed by atoms with van der Waals surface area (Å²) >= 11 is 1.48. The van der Waals surface area contributed by atoms with E-state index in [2.05, 4.69) is 0 Å². The Morgan fingerprint density at radius 2 is 1.52 bits per heavy atom. The lowest BCUT2D eigenvalue weighted by atomic mass is 9.96. The molecule has 0 aromatic heterocycles. The Kier molecular flexibility index (Phi) is 5.51. The van der Waals surface area contributed by atoms with Crippen LogP contribution in [0, 0.1) is 0 Å². The molecule has 0 radical (unpaired) electrons. The molecule has 0 aliphatic rings. The van der Waals surface area contributed by atoms with Crippen LogP contribution in [-0.4, -0.2) is 18.0 Å². The molecule has 1 unspecified atom stereocenters. The Balaban J connectivity index is 1.83. The van der Waals surface area contributed by atoms with Crippen molar-refractivity contribution >= 4 is 28.9 Å². The van der Waals surface area contributed by atoms with Crippen molar-refractivity contribution in [2.45, 2.75) is 15.6 Å². The molecule has 3 rings (SSSR count). The average Bonchev–Trinajstić information content (AvgIpc) is 2.67. The molecule has 6 heteroatoms. The zero-order chi connectivity index (χ0) is 19.4. The molecule has 5 N–H and O–H groups in total. The fourth-order valence-corrected chi connectivity index (χ4v) is 3.65. The molecule has 0 aliphatic carbocycles. The van der Waals surface area contributed by atoms with Crippen LogP contribution in [0.5, 0.6) is 0 Å². The monoisotopic (exact) mass is 380 g/mol. The smallest absolute Gasteiger partial charge is 0.258 e. The summed E-state index contributed by atoms with van der Waals surface area (Å²) in [4.78, 5) is 14.7. The largest absolute Gasteiger partial charge is 0.399 e.